The number of hydrogen-bond donors (Lipinski definition) is 3. The van der Waals surface area contributed by atoms with Gasteiger partial charge < -0.3 is 20.5 Å². The molecule has 0 heterocycles. The summed E-state index contributed by atoms with van der Waals surface area (Å²) in [6.07, 6.45) is 7.49. The van der Waals surface area contributed by atoms with Crippen molar-refractivity contribution in [2.45, 2.75) is 70.1 Å². The molecule has 0 unspecified atom stereocenters. The largest absolute Gasteiger partial charge is 0.506 e. The number of rotatable bonds is 7. The van der Waals surface area contributed by atoms with Crippen molar-refractivity contribution in [1.29, 1.82) is 0 Å². The first kappa shape index (κ1) is 26.1. The summed E-state index contributed by atoms with van der Waals surface area (Å²) >= 11 is 4.14. The molecule has 0 radical (unpaired) electrons. The van der Waals surface area contributed by atoms with Crippen molar-refractivity contribution in [3.05, 3.63) is 60.7 Å². The molecule has 6 nitrogen and oxygen atoms in total. The van der Waals surface area contributed by atoms with Crippen molar-refractivity contribution in [2.24, 2.45) is 0 Å². The smallest absolute Gasteiger partial charge is 0.408 e. The van der Waals surface area contributed by atoms with E-state index in [0.29, 0.717) is 13.6 Å². The van der Waals surface area contributed by atoms with Crippen LogP contribution < -0.4 is 10.6 Å². The van der Waals surface area contributed by atoms with Gasteiger partial charge in [-0.05, 0) is 81.3 Å². The maximum atomic E-state index is 13.2. The predicted octanol–water partition coefficient (Wildman–Crippen LogP) is 5.67. The fourth-order valence-corrected chi connectivity index (χ4v) is 5.89. The molecule has 1 fully saturated rings. The zero-order valence-corrected chi connectivity index (χ0v) is 22.8. The van der Waals surface area contributed by atoms with E-state index in [1.807, 2.05) is 42.5 Å². The molecule has 3 N–H and O–H groups in total. The van der Waals surface area contributed by atoms with E-state index in [-0.39, 0.29) is 24.3 Å². The number of amides is 2. The van der Waals surface area contributed by atoms with Gasteiger partial charge in [-0.15, -0.1) is 0 Å². The normalized spacial score (nSPS) is 15.7. The number of alkyl carbamates (subject to hydrolysis) is 1. The molecule has 1 atom stereocenters. The summed E-state index contributed by atoms with van der Waals surface area (Å²) in [5, 5.41) is 16.0. The van der Waals surface area contributed by atoms with Gasteiger partial charge in [0.15, 0.2) is 0 Å². The minimum Gasteiger partial charge on any atom is -0.506 e. The van der Waals surface area contributed by atoms with E-state index in [2.05, 4.69) is 55.8 Å². The van der Waals surface area contributed by atoms with Crippen LogP contribution in [0.2, 0.25) is 0 Å². The first-order valence-electron chi connectivity index (χ1n) is 11.4. The number of carbonyl (C=O) groups excluding carboxylic acids is 2. The van der Waals surface area contributed by atoms with Gasteiger partial charge in [0.25, 0.3) is 0 Å². The molecule has 1 aliphatic rings. The van der Waals surface area contributed by atoms with Crippen LogP contribution in [0.25, 0.3) is 0 Å². The summed E-state index contributed by atoms with van der Waals surface area (Å²) in [6, 6.07) is 12.5. The maximum absolute atomic E-state index is 13.2. The lowest BCUT2D eigenvalue weighted by Crippen LogP contribution is -2.51. The Balaban J connectivity index is 1.68. The van der Waals surface area contributed by atoms with Crippen molar-refractivity contribution in [1.82, 2.24) is 10.6 Å². The van der Waals surface area contributed by atoms with Gasteiger partial charge in [0.05, 0.1) is 7.14 Å². The van der Waals surface area contributed by atoms with Crippen LogP contribution in [0.5, 0.6) is 5.75 Å². The summed E-state index contributed by atoms with van der Waals surface area (Å²) < 4.78 is 6.78. The number of ether oxygens (including phenoxy) is 1. The second-order valence-corrected chi connectivity index (χ2v) is 10.7. The lowest BCUT2D eigenvalue weighted by molar-refractivity contribution is -0.123. The lowest BCUT2D eigenvalue weighted by atomic mass is 9.96. The van der Waals surface area contributed by atoms with Crippen molar-refractivity contribution in [3.8, 4) is 5.75 Å². The Bertz CT molecular complexity index is 908. The fourth-order valence-electron chi connectivity index (χ4n) is 3.99. The Morgan fingerprint density at radius 2 is 1.58 bits per heavy atom. The molecule has 0 spiro atoms. The van der Waals surface area contributed by atoms with Crippen molar-refractivity contribution < 1.29 is 19.4 Å². The highest BCUT2D eigenvalue weighted by atomic mass is 127. The first-order valence-corrected chi connectivity index (χ1v) is 13.5. The Kier molecular flexibility index (Phi) is 10.5. The van der Waals surface area contributed by atoms with Crippen LogP contribution in [-0.4, -0.2) is 29.2 Å². The van der Waals surface area contributed by atoms with Crippen LogP contribution in [0.15, 0.2) is 42.5 Å². The van der Waals surface area contributed by atoms with Crippen LogP contribution in [0.1, 0.15) is 56.1 Å². The molecule has 2 aromatic carbocycles. The Morgan fingerprint density at radius 1 is 0.970 bits per heavy atom. The Hall–Kier alpha value is -1.56. The van der Waals surface area contributed by atoms with Gasteiger partial charge in [0, 0.05) is 12.5 Å². The molecule has 2 aromatic rings. The molecule has 33 heavy (non-hydrogen) atoms. The average Bonchev–Trinajstić information content (AvgIpc) is 2.78. The van der Waals surface area contributed by atoms with Gasteiger partial charge >= 0.3 is 6.09 Å². The number of aromatic hydroxyl groups is 1. The van der Waals surface area contributed by atoms with Gasteiger partial charge in [-0.25, -0.2) is 4.79 Å². The van der Waals surface area contributed by atoms with Gasteiger partial charge in [-0.3, -0.25) is 4.79 Å². The monoisotopic (exact) mass is 676 g/mol. The topological polar surface area (TPSA) is 87.7 Å². The quantitative estimate of drug-likeness (QED) is 0.330. The summed E-state index contributed by atoms with van der Waals surface area (Å²) in [6.45, 7) is 0.138. The van der Waals surface area contributed by atoms with E-state index in [1.54, 1.807) is 0 Å². The van der Waals surface area contributed by atoms with Crippen LogP contribution in [0, 0.1) is 7.14 Å². The standard InChI is InChI=1S/C25H30I2N2O4/c26-20-13-18(14-21(27)23(20)30)15-22(24(31)28-19-11-7-2-1-3-8-12-19)29-25(32)33-16-17-9-5-4-6-10-17/h4-6,9-10,13-14,19,22,30H,1-3,7-8,11-12,15-16H2,(H,28,31)(H,29,32)/t22-/m0/s1. The third-order valence-corrected chi connectivity index (χ3v) is 7.43. The fraction of sp³-hybridized carbons (Fsp3) is 0.440. The molecule has 1 aliphatic carbocycles. The minimum atomic E-state index is -0.769. The highest BCUT2D eigenvalue weighted by molar-refractivity contribution is 14.1. The first-order chi connectivity index (χ1) is 15.9. The summed E-state index contributed by atoms with van der Waals surface area (Å²) in [5.41, 5.74) is 1.74. The summed E-state index contributed by atoms with van der Waals surface area (Å²) in [4.78, 5) is 25.8. The molecular weight excluding hydrogens is 646 g/mol. The molecule has 0 aromatic heterocycles. The highest BCUT2D eigenvalue weighted by Gasteiger charge is 2.25. The molecule has 2 amide bonds. The molecular formula is C25H30I2N2O4. The Labute approximate surface area is 222 Å². The second-order valence-electron chi connectivity index (χ2n) is 8.42. The molecule has 178 valence electrons. The van der Waals surface area contributed by atoms with E-state index in [1.165, 1.54) is 19.3 Å². The number of phenolic OH excluding ortho intramolecular Hbond substituents is 1. The van der Waals surface area contributed by atoms with Crippen molar-refractivity contribution in [2.75, 3.05) is 0 Å². The van der Waals surface area contributed by atoms with Gasteiger partial charge in [-0.1, -0.05) is 62.4 Å². The van der Waals surface area contributed by atoms with Gasteiger partial charge in [0.1, 0.15) is 18.4 Å². The van der Waals surface area contributed by atoms with Crippen LogP contribution in [0.4, 0.5) is 4.79 Å². The highest BCUT2D eigenvalue weighted by Crippen LogP contribution is 2.28. The number of carbonyl (C=O) groups is 2. The number of phenols is 1. The number of hydrogen-bond acceptors (Lipinski definition) is 4. The number of nitrogens with one attached hydrogen (secondary N) is 2. The van der Waals surface area contributed by atoms with Gasteiger partial charge in [-0.2, -0.15) is 0 Å². The summed E-state index contributed by atoms with van der Waals surface area (Å²) in [5.74, 6) is 0.0287. The van der Waals surface area contributed by atoms with Crippen LogP contribution in [0.3, 0.4) is 0 Å². The number of benzene rings is 2. The maximum Gasteiger partial charge on any atom is 0.408 e. The molecule has 1 saturated carbocycles. The SMILES string of the molecule is O=C(N[C@@H](Cc1cc(I)c(O)c(I)c1)C(=O)NC1CCCCCCC1)OCc1ccccc1. The van der Waals surface area contributed by atoms with E-state index >= 15 is 0 Å². The van der Waals surface area contributed by atoms with E-state index in [0.717, 1.165) is 36.8 Å². The predicted molar refractivity (Wildman–Crippen MR) is 145 cm³/mol. The zero-order chi connectivity index (χ0) is 23.6. The van der Waals surface area contributed by atoms with E-state index < -0.39 is 12.1 Å². The molecule has 0 aliphatic heterocycles. The van der Waals surface area contributed by atoms with Crippen molar-refractivity contribution in [3.63, 3.8) is 0 Å². The summed E-state index contributed by atoms with van der Waals surface area (Å²) in [7, 11) is 0. The zero-order valence-electron chi connectivity index (χ0n) is 18.5. The van der Waals surface area contributed by atoms with Crippen LogP contribution in [-0.2, 0) is 22.6 Å². The van der Waals surface area contributed by atoms with E-state index in [4.69, 9.17) is 4.74 Å². The minimum absolute atomic E-state index is 0.127. The molecule has 3 rings (SSSR count). The molecule has 0 saturated heterocycles. The Morgan fingerprint density at radius 3 is 2.21 bits per heavy atom. The van der Waals surface area contributed by atoms with Crippen molar-refractivity contribution >= 4 is 57.2 Å². The lowest BCUT2D eigenvalue weighted by Gasteiger charge is -2.25. The average molecular weight is 676 g/mol. The second kappa shape index (κ2) is 13.4. The van der Waals surface area contributed by atoms with Gasteiger partial charge in [0.2, 0.25) is 5.91 Å². The molecule has 0 bridgehead atoms. The van der Waals surface area contributed by atoms with Crippen LogP contribution >= 0.6 is 45.2 Å². The third-order valence-electron chi connectivity index (χ3n) is 5.79. The third kappa shape index (κ3) is 8.62. The van der Waals surface area contributed by atoms with E-state index in [9.17, 15) is 14.7 Å². The molecule has 8 heteroatoms. The number of halogens is 2.